The summed E-state index contributed by atoms with van der Waals surface area (Å²) in [6.45, 7) is 4.30. The number of rotatable bonds is 5. The van der Waals surface area contributed by atoms with Crippen LogP contribution in [0.4, 0.5) is 5.69 Å². The van der Waals surface area contributed by atoms with Crippen LogP contribution >= 0.6 is 0 Å². The number of para-hydroxylation sites is 1. The SMILES string of the molecule is CCCC(C)N(C)c1cc(C(=O)O)nc2ccccc12. The summed E-state index contributed by atoms with van der Waals surface area (Å²) in [5.41, 5.74) is 1.74. The van der Waals surface area contributed by atoms with Crippen LogP contribution in [0.15, 0.2) is 30.3 Å². The molecule has 1 N–H and O–H groups in total. The zero-order valence-electron chi connectivity index (χ0n) is 12.1. The molecule has 4 heteroatoms. The summed E-state index contributed by atoms with van der Waals surface area (Å²) in [6.07, 6.45) is 2.16. The van der Waals surface area contributed by atoms with E-state index in [1.54, 1.807) is 6.07 Å². The summed E-state index contributed by atoms with van der Waals surface area (Å²) < 4.78 is 0. The van der Waals surface area contributed by atoms with Gasteiger partial charge in [0.2, 0.25) is 0 Å². The molecule has 0 saturated heterocycles. The molecular formula is C16H20N2O2. The molecule has 1 aromatic heterocycles. The van der Waals surface area contributed by atoms with E-state index in [1.807, 2.05) is 31.3 Å². The number of aromatic carboxylic acids is 1. The molecule has 20 heavy (non-hydrogen) atoms. The molecule has 0 bridgehead atoms. The third kappa shape index (κ3) is 2.74. The Morgan fingerprint density at radius 2 is 2.10 bits per heavy atom. The first-order valence-electron chi connectivity index (χ1n) is 6.90. The molecule has 2 rings (SSSR count). The van der Waals surface area contributed by atoms with Crippen molar-refractivity contribution >= 4 is 22.6 Å². The minimum Gasteiger partial charge on any atom is -0.477 e. The van der Waals surface area contributed by atoms with Crippen molar-refractivity contribution in [1.82, 2.24) is 4.98 Å². The highest BCUT2D eigenvalue weighted by Gasteiger charge is 2.16. The van der Waals surface area contributed by atoms with Crippen molar-refractivity contribution in [3.8, 4) is 0 Å². The van der Waals surface area contributed by atoms with Crippen LogP contribution in [0.3, 0.4) is 0 Å². The summed E-state index contributed by atoms with van der Waals surface area (Å²) in [4.78, 5) is 17.6. The Balaban J connectivity index is 2.57. The molecular weight excluding hydrogens is 252 g/mol. The molecule has 106 valence electrons. The number of hydrogen-bond donors (Lipinski definition) is 1. The molecule has 0 aliphatic carbocycles. The van der Waals surface area contributed by atoms with Crippen molar-refractivity contribution in [2.24, 2.45) is 0 Å². The maximum absolute atomic E-state index is 11.2. The fourth-order valence-electron chi connectivity index (χ4n) is 2.41. The van der Waals surface area contributed by atoms with Crippen molar-refractivity contribution < 1.29 is 9.90 Å². The molecule has 1 heterocycles. The summed E-state index contributed by atoms with van der Waals surface area (Å²) in [6, 6.07) is 9.68. The number of aromatic nitrogens is 1. The maximum Gasteiger partial charge on any atom is 0.354 e. The van der Waals surface area contributed by atoms with E-state index in [9.17, 15) is 9.90 Å². The smallest absolute Gasteiger partial charge is 0.354 e. The number of benzene rings is 1. The van der Waals surface area contributed by atoms with Gasteiger partial charge in [0.05, 0.1) is 5.52 Å². The summed E-state index contributed by atoms with van der Waals surface area (Å²) in [5, 5.41) is 10.2. The third-order valence-corrected chi connectivity index (χ3v) is 3.66. The van der Waals surface area contributed by atoms with Crippen molar-refractivity contribution in [2.45, 2.75) is 32.7 Å². The van der Waals surface area contributed by atoms with E-state index in [-0.39, 0.29) is 5.69 Å². The molecule has 1 atom stereocenters. The average Bonchev–Trinajstić information content (AvgIpc) is 2.45. The second-order valence-electron chi connectivity index (χ2n) is 5.10. The fraction of sp³-hybridized carbons (Fsp3) is 0.375. The Morgan fingerprint density at radius 3 is 2.75 bits per heavy atom. The van der Waals surface area contributed by atoms with Crippen LogP contribution in [0.2, 0.25) is 0 Å². The predicted molar refractivity (Wildman–Crippen MR) is 81.5 cm³/mol. The lowest BCUT2D eigenvalue weighted by atomic mass is 10.1. The molecule has 0 aliphatic rings. The number of anilines is 1. The van der Waals surface area contributed by atoms with Crippen LogP contribution in [-0.4, -0.2) is 29.1 Å². The molecule has 4 nitrogen and oxygen atoms in total. The van der Waals surface area contributed by atoms with Crippen molar-refractivity contribution in [3.05, 3.63) is 36.0 Å². The van der Waals surface area contributed by atoms with Crippen LogP contribution < -0.4 is 4.90 Å². The second kappa shape index (κ2) is 5.90. The van der Waals surface area contributed by atoms with Crippen molar-refractivity contribution in [3.63, 3.8) is 0 Å². The van der Waals surface area contributed by atoms with E-state index in [0.717, 1.165) is 29.4 Å². The molecule has 1 aromatic carbocycles. The molecule has 0 spiro atoms. The largest absolute Gasteiger partial charge is 0.477 e. The van der Waals surface area contributed by atoms with Crippen molar-refractivity contribution in [2.75, 3.05) is 11.9 Å². The topological polar surface area (TPSA) is 53.4 Å². The van der Waals surface area contributed by atoms with Gasteiger partial charge < -0.3 is 10.0 Å². The lowest BCUT2D eigenvalue weighted by molar-refractivity contribution is 0.0691. The first-order chi connectivity index (χ1) is 9.54. The number of nitrogens with zero attached hydrogens (tertiary/aromatic N) is 2. The molecule has 1 unspecified atom stereocenters. The summed E-state index contributed by atoms with van der Waals surface area (Å²) >= 11 is 0. The van der Waals surface area contributed by atoms with Gasteiger partial charge in [-0.05, 0) is 25.5 Å². The molecule has 0 saturated carbocycles. The van der Waals surface area contributed by atoms with E-state index < -0.39 is 5.97 Å². The molecule has 0 radical (unpaired) electrons. The Morgan fingerprint density at radius 1 is 1.40 bits per heavy atom. The summed E-state index contributed by atoms with van der Waals surface area (Å²) in [5.74, 6) is -0.992. The normalized spacial score (nSPS) is 12.3. The van der Waals surface area contributed by atoms with Gasteiger partial charge in [0.1, 0.15) is 0 Å². The Kier molecular flexibility index (Phi) is 4.23. The fourth-order valence-corrected chi connectivity index (χ4v) is 2.41. The first kappa shape index (κ1) is 14.3. The van der Waals surface area contributed by atoms with Gasteiger partial charge in [0.15, 0.2) is 5.69 Å². The van der Waals surface area contributed by atoms with Gasteiger partial charge in [0.25, 0.3) is 0 Å². The van der Waals surface area contributed by atoms with Crippen LogP contribution in [0, 0.1) is 0 Å². The predicted octanol–water partition coefficient (Wildman–Crippen LogP) is 3.56. The number of pyridine rings is 1. The third-order valence-electron chi connectivity index (χ3n) is 3.66. The number of carbonyl (C=O) groups is 1. The molecule has 0 amide bonds. The van der Waals surface area contributed by atoms with E-state index >= 15 is 0 Å². The van der Waals surface area contributed by atoms with Crippen LogP contribution in [0.25, 0.3) is 10.9 Å². The zero-order chi connectivity index (χ0) is 14.7. The highest BCUT2D eigenvalue weighted by molar-refractivity contribution is 5.97. The Labute approximate surface area is 119 Å². The van der Waals surface area contributed by atoms with Gasteiger partial charge in [0, 0.05) is 24.2 Å². The van der Waals surface area contributed by atoms with Gasteiger partial charge in [-0.1, -0.05) is 31.5 Å². The maximum atomic E-state index is 11.2. The lowest BCUT2D eigenvalue weighted by Crippen LogP contribution is -2.29. The average molecular weight is 272 g/mol. The van der Waals surface area contributed by atoms with Crippen molar-refractivity contribution in [1.29, 1.82) is 0 Å². The first-order valence-corrected chi connectivity index (χ1v) is 6.90. The second-order valence-corrected chi connectivity index (χ2v) is 5.10. The van der Waals surface area contributed by atoms with E-state index in [1.165, 1.54) is 0 Å². The highest BCUT2D eigenvalue weighted by atomic mass is 16.4. The van der Waals surface area contributed by atoms with Gasteiger partial charge in [-0.15, -0.1) is 0 Å². The van der Waals surface area contributed by atoms with Crippen LogP contribution in [-0.2, 0) is 0 Å². The van der Waals surface area contributed by atoms with Gasteiger partial charge in [-0.25, -0.2) is 9.78 Å². The Bertz CT molecular complexity index is 625. The van der Waals surface area contributed by atoms with Crippen LogP contribution in [0.1, 0.15) is 37.2 Å². The standard InChI is InChI=1S/C16H20N2O2/c1-4-7-11(2)18(3)15-10-14(16(19)20)17-13-9-6-5-8-12(13)15/h5-6,8-11H,4,7H2,1-3H3,(H,19,20). The Hall–Kier alpha value is -2.10. The van der Waals surface area contributed by atoms with E-state index in [2.05, 4.69) is 23.7 Å². The minimum absolute atomic E-state index is 0.0919. The van der Waals surface area contributed by atoms with Crippen LogP contribution in [0.5, 0.6) is 0 Å². The quantitative estimate of drug-likeness (QED) is 0.904. The van der Waals surface area contributed by atoms with E-state index in [0.29, 0.717) is 6.04 Å². The lowest BCUT2D eigenvalue weighted by Gasteiger charge is -2.28. The van der Waals surface area contributed by atoms with E-state index in [4.69, 9.17) is 0 Å². The molecule has 0 aliphatic heterocycles. The molecule has 0 fully saturated rings. The minimum atomic E-state index is -0.992. The number of carboxylic acid groups (broad SMARTS) is 1. The highest BCUT2D eigenvalue weighted by Crippen LogP contribution is 2.28. The van der Waals surface area contributed by atoms with Gasteiger partial charge in [-0.2, -0.15) is 0 Å². The number of carboxylic acids is 1. The zero-order valence-corrected chi connectivity index (χ0v) is 12.1. The monoisotopic (exact) mass is 272 g/mol. The number of fused-ring (bicyclic) bond motifs is 1. The number of hydrogen-bond acceptors (Lipinski definition) is 3. The van der Waals surface area contributed by atoms with Gasteiger partial charge >= 0.3 is 5.97 Å². The summed E-state index contributed by atoms with van der Waals surface area (Å²) in [7, 11) is 2.01. The van der Waals surface area contributed by atoms with Gasteiger partial charge in [-0.3, -0.25) is 0 Å². The molecule has 2 aromatic rings.